The average molecular weight is 215 g/mol. The largest absolute Gasteiger partial charge is 0.383 e. The van der Waals surface area contributed by atoms with E-state index in [1.54, 1.807) is 25.6 Å². The fourth-order valence-corrected chi connectivity index (χ4v) is 2.08. The van der Waals surface area contributed by atoms with Crippen LogP contribution in [-0.2, 0) is 22.6 Å². The van der Waals surface area contributed by atoms with Gasteiger partial charge in [-0.25, -0.2) is 0 Å². The molecule has 14 heavy (non-hydrogen) atoms. The Labute approximate surface area is 89.0 Å². The minimum absolute atomic E-state index is 0.711. The van der Waals surface area contributed by atoms with Gasteiger partial charge in [0.25, 0.3) is 0 Å². The molecule has 1 N–H and O–H groups in total. The number of rotatable bonds is 7. The van der Waals surface area contributed by atoms with Gasteiger partial charge >= 0.3 is 0 Å². The van der Waals surface area contributed by atoms with Gasteiger partial charge in [0.15, 0.2) is 0 Å². The van der Waals surface area contributed by atoms with Gasteiger partial charge in [-0.2, -0.15) is 0 Å². The molecule has 1 rings (SSSR count). The van der Waals surface area contributed by atoms with E-state index < -0.39 is 0 Å². The second-order valence-corrected chi connectivity index (χ2v) is 4.22. The highest BCUT2D eigenvalue weighted by Gasteiger charge is 1.98. The first-order valence-corrected chi connectivity index (χ1v) is 5.44. The predicted molar refractivity (Wildman–Crippen MR) is 58.6 cm³/mol. The van der Waals surface area contributed by atoms with Crippen molar-refractivity contribution in [3.05, 3.63) is 21.9 Å². The van der Waals surface area contributed by atoms with E-state index in [1.807, 2.05) is 0 Å². The molecule has 0 aromatic carbocycles. The molecule has 1 aromatic rings. The van der Waals surface area contributed by atoms with E-state index in [0.29, 0.717) is 6.61 Å². The van der Waals surface area contributed by atoms with Gasteiger partial charge in [-0.15, -0.1) is 11.3 Å². The number of methoxy groups -OCH3 is 2. The van der Waals surface area contributed by atoms with Crippen molar-refractivity contribution in [1.29, 1.82) is 0 Å². The molecule has 3 nitrogen and oxygen atoms in total. The van der Waals surface area contributed by atoms with Crippen LogP contribution in [0.25, 0.3) is 0 Å². The number of hydrogen-bond acceptors (Lipinski definition) is 4. The van der Waals surface area contributed by atoms with Crippen LogP contribution < -0.4 is 5.32 Å². The summed E-state index contributed by atoms with van der Waals surface area (Å²) in [7, 11) is 3.43. The molecular weight excluding hydrogens is 198 g/mol. The second-order valence-electron chi connectivity index (χ2n) is 2.97. The van der Waals surface area contributed by atoms with E-state index in [2.05, 4.69) is 17.4 Å². The Balaban J connectivity index is 2.22. The normalized spacial score (nSPS) is 10.7. The Hall–Kier alpha value is -0.420. The molecule has 0 unspecified atom stereocenters. The maximum absolute atomic E-state index is 5.05. The molecule has 80 valence electrons. The molecule has 0 spiro atoms. The third kappa shape index (κ3) is 4.19. The monoisotopic (exact) mass is 215 g/mol. The van der Waals surface area contributed by atoms with Crippen molar-refractivity contribution < 1.29 is 9.47 Å². The third-order valence-corrected chi connectivity index (χ3v) is 2.84. The van der Waals surface area contributed by atoms with E-state index in [4.69, 9.17) is 9.47 Å². The van der Waals surface area contributed by atoms with Crippen molar-refractivity contribution in [3.63, 3.8) is 0 Å². The zero-order valence-corrected chi connectivity index (χ0v) is 9.52. The van der Waals surface area contributed by atoms with Crippen molar-refractivity contribution in [2.75, 3.05) is 27.4 Å². The molecule has 0 amide bonds. The zero-order valence-electron chi connectivity index (χ0n) is 8.71. The topological polar surface area (TPSA) is 30.5 Å². The lowest BCUT2D eigenvalue weighted by atomic mass is 10.4. The summed E-state index contributed by atoms with van der Waals surface area (Å²) in [5, 5.41) is 3.30. The Morgan fingerprint density at radius 3 is 2.71 bits per heavy atom. The summed E-state index contributed by atoms with van der Waals surface area (Å²) < 4.78 is 10.00. The molecule has 0 bridgehead atoms. The molecule has 0 aliphatic heterocycles. The van der Waals surface area contributed by atoms with Crippen LogP contribution in [0.15, 0.2) is 12.1 Å². The number of nitrogens with one attached hydrogen (secondary N) is 1. The first kappa shape index (κ1) is 11.7. The molecule has 0 saturated heterocycles. The third-order valence-electron chi connectivity index (χ3n) is 1.79. The summed E-state index contributed by atoms with van der Waals surface area (Å²) in [5.41, 5.74) is 0. The fourth-order valence-electron chi connectivity index (χ4n) is 1.12. The Morgan fingerprint density at radius 1 is 1.21 bits per heavy atom. The van der Waals surface area contributed by atoms with E-state index in [1.165, 1.54) is 9.75 Å². The number of hydrogen-bond donors (Lipinski definition) is 1. The highest BCUT2D eigenvalue weighted by Crippen LogP contribution is 2.16. The summed E-state index contributed by atoms with van der Waals surface area (Å²) in [6.45, 7) is 3.28. The fraction of sp³-hybridized carbons (Fsp3) is 0.600. The minimum atomic E-state index is 0.711. The van der Waals surface area contributed by atoms with Gasteiger partial charge < -0.3 is 14.8 Å². The van der Waals surface area contributed by atoms with Crippen LogP contribution >= 0.6 is 11.3 Å². The summed E-state index contributed by atoms with van der Waals surface area (Å²) in [6.07, 6.45) is 0. The average Bonchev–Trinajstić information content (AvgIpc) is 2.61. The van der Waals surface area contributed by atoms with Crippen molar-refractivity contribution in [2.24, 2.45) is 0 Å². The molecule has 1 heterocycles. The Bertz CT molecular complexity index is 250. The van der Waals surface area contributed by atoms with Gasteiger partial charge in [-0.05, 0) is 12.1 Å². The van der Waals surface area contributed by atoms with Crippen LogP contribution in [0.3, 0.4) is 0 Å². The Kier molecular flexibility index (Phi) is 5.78. The summed E-state index contributed by atoms with van der Waals surface area (Å²) in [6, 6.07) is 4.25. The van der Waals surface area contributed by atoms with Crippen molar-refractivity contribution in [2.45, 2.75) is 13.2 Å². The lowest BCUT2D eigenvalue weighted by Crippen LogP contribution is -2.17. The van der Waals surface area contributed by atoms with Crippen molar-refractivity contribution in [3.8, 4) is 0 Å². The zero-order chi connectivity index (χ0) is 10.2. The summed E-state index contributed by atoms with van der Waals surface area (Å²) in [4.78, 5) is 2.61. The SMILES string of the molecule is COCCNCc1ccc(COC)s1. The highest BCUT2D eigenvalue weighted by atomic mass is 32.1. The van der Waals surface area contributed by atoms with E-state index >= 15 is 0 Å². The van der Waals surface area contributed by atoms with Gasteiger partial charge in [-0.3, -0.25) is 0 Å². The van der Waals surface area contributed by atoms with Crippen molar-refractivity contribution in [1.82, 2.24) is 5.32 Å². The lowest BCUT2D eigenvalue weighted by molar-refractivity contribution is 0.187. The van der Waals surface area contributed by atoms with Crippen LogP contribution in [0, 0.1) is 0 Å². The molecule has 0 aliphatic carbocycles. The van der Waals surface area contributed by atoms with Crippen molar-refractivity contribution >= 4 is 11.3 Å². The van der Waals surface area contributed by atoms with Crippen LogP contribution in [0.1, 0.15) is 9.75 Å². The standard InChI is InChI=1S/C10H17NO2S/c1-12-6-5-11-7-9-3-4-10(14-9)8-13-2/h3-4,11H,5-8H2,1-2H3. The molecule has 0 saturated carbocycles. The van der Waals surface area contributed by atoms with Crippen LogP contribution in [0.2, 0.25) is 0 Å². The lowest BCUT2D eigenvalue weighted by Gasteiger charge is -2.00. The van der Waals surface area contributed by atoms with Gasteiger partial charge in [0.2, 0.25) is 0 Å². The number of ether oxygens (including phenoxy) is 2. The second kappa shape index (κ2) is 6.95. The maximum atomic E-state index is 5.05. The molecule has 1 aromatic heterocycles. The van der Waals surface area contributed by atoms with Crippen LogP contribution in [-0.4, -0.2) is 27.4 Å². The molecular formula is C10H17NO2S. The van der Waals surface area contributed by atoms with Crippen LogP contribution in [0.5, 0.6) is 0 Å². The first-order valence-electron chi connectivity index (χ1n) is 4.63. The van der Waals surface area contributed by atoms with Gasteiger partial charge in [-0.1, -0.05) is 0 Å². The Morgan fingerprint density at radius 2 is 2.00 bits per heavy atom. The smallest absolute Gasteiger partial charge is 0.0805 e. The number of thiophene rings is 1. The quantitative estimate of drug-likeness (QED) is 0.701. The maximum Gasteiger partial charge on any atom is 0.0805 e. The molecule has 0 atom stereocenters. The van der Waals surface area contributed by atoms with Crippen LogP contribution in [0.4, 0.5) is 0 Å². The van der Waals surface area contributed by atoms with E-state index in [0.717, 1.165) is 19.7 Å². The molecule has 0 radical (unpaired) electrons. The molecule has 0 aliphatic rings. The summed E-state index contributed by atoms with van der Waals surface area (Å²) >= 11 is 1.79. The summed E-state index contributed by atoms with van der Waals surface area (Å²) in [5.74, 6) is 0. The van der Waals surface area contributed by atoms with E-state index in [9.17, 15) is 0 Å². The molecule has 0 fully saturated rings. The predicted octanol–water partition coefficient (Wildman–Crippen LogP) is 1.63. The van der Waals surface area contributed by atoms with Gasteiger partial charge in [0.05, 0.1) is 13.2 Å². The molecule has 4 heteroatoms. The minimum Gasteiger partial charge on any atom is -0.383 e. The van der Waals surface area contributed by atoms with E-state index in [-0.39, 0.29) is 0 Å². The highest BCUT2D eigenvalue weighted by molar-refractivity contribution is 7.11. The van der Waals surface area contributed by atoms with Gasteiger partial charge in [0.1, 0.15) is 0 Å². The first-order chi connectivity index (χ1) is 6.86. The van der Waals surface area contributed by atoms with Gasteiger partial charge in [0, 0.05) is 37.1 Å².